The van der Waals surface area contributed by atoms with Crippen molar-refractivity contribution in [3.05, 3.63) is 64.4 Å². The van der Waals surface area contributed by atoms with Crippen LogP contribution in [0.15, 0.2) is 53.3 Å². The van der Waals surface area contributed by atoms with Gasteiger partial charge in [0.25, 0.3) is 5.56 Å². The van der Waals surface area contributed by atoms with Crippen LogP contribution in [0.5, 0.6) is 0 Å². The Hall–Kier alpha value is -2.40. The summed E-state index contributed by atoms with van der Waals surface area (Å²) in [5, 5.41) is 3.60. The lowest BCUT2D eigenvalue weighted by molar-refractivity contribution is -0.119. The van der Waals surface area contributed by atoms with Gasteiger partial charge >= 0.3 is 0 Å². The molecule has 0 bridgehead atoms. The minimum Gasteiger partial charge on any atom is -0.324 e. The Labute approximate surface area is 151 Å². The highest BCUT2D eigenvalue weighted by molar-refractivity contribution is 7.14. The third-order valence-electron chi connectivity index (χ3n) is 4.33. The van der Waals surface area contributed by atoms with Gasteiger partial charge in [0.05, 0.1) is 10.1 Å². The fraction of sp³-hybridized carbons (Fsp3) is 0.300. The maximum absolute atomic E-state index is 12.7. The van der Waals surface area contributed by atoms with Crippen LogP contribution in [0, 0.1) is 0 Å². The molecule has 0 aliphatic carbocycles. The fourth-order valence-electron chi connectivity index (χ4n) is 2.83. The maximum atomic E-state index is 12.7. The first-order valence-electron chi connectivity index (χ1n) is 8.52. The van der Waals surface area contributed by atoms with E-state index in [0.29, 0.717) is 17.7 Å². The number of hydrogen-bond donors (Lipinski definition) is 1. The molecule has 1 heterocycles. The second-order valence-electron chi connectivity index (χ2n) is 6.41. The molecule has 0 unspecified atom stereocenters. The largest absolute Gasteiger partial charge is 0.324 e. The molecule has 1 N–H and O–H groups in total. The molecular weight excluding hydrogens is 332 g/mol. The van der Waals surface area contributed by atoms with Gasteiger partial charge in [0.2, 0.25) is 5.91 Å². The van der Waals surface area contributed by atoms with Crippen molar-refractivity contribution in [3.8, 4) is 0 Å². The topological polar surface area (TPSA) is 51.1 Å². The molecule has 1 aromatic heterocycles. The van der Waals surface area contributed by atoms with Gasteiger partial charge in [0.1, 0.15) is 6.04 Å². The summed E-state index contributed by atoms with van der Waals surface area (Å²) in [5.41, 5.74) is 1.88. The molecule has 2 aromatic carbocycles. The van der Waals surface area contributed by atoms with Crippen LogP contribution in [-0.2, 0) is 4.79 Å². The minimum atomic E-state index is -0.505. The molecule has 0 saturated heterocycles. The molecule has 0 aliphatic rings. The predicted molar refractivity (Wildman–Crippen MR) is 105 cm³/mol. The highest BCUT2D eigenvalue weighted by atomic mass is 32.1. The van der Waals surface area contributed by atoms with Crippen LogP contribution in [0.2, 0.25) is 0 Å². The van der Waals surface area contributed by atoms with Crippen LogP contribution in [-0.4, -0.2) is 9.86 Å². The third kappa shape index (κ3) is 3.51. The summed E-state index contributed by atoms with van der Waals surface area (Å²) in [6.45, 7) is 6.19. The van der Waals surface area contributed by atoms with Gasteiger partial charge in [0, 0.05) is 5.69 Å². The molecule has 4 nitrogen and oxygen atoms in total. The molecule has 130 valence electrons. The first kappa shape index (κ1) is 17.4. The summed E-state index contributed by atoms with van der Waals surface area (Å²) >= 11 is 1.35. The molecule has 0 aliphatic heterocycles. The Morgan fingerprint density at radius 1 is 1.12 bits per heavy atom. The smallest absolute Gasteiger partial charge is 0.269 e. The molecule has 0 spiro atoms. The average Bonchev–Trinajstić information content (AvgIpc) is 2.93. The molecule has 0 fully saturated rings. The van der Waals surface area contributed by atoms with Crippen molar-refractivity contribution in [2.45, 2.75) is 39.2 Å². The number of aromatic nitrogens is 1. The summed E-state index contributed by atoms with van der Waals surface area (Å²) in [5.74, 6) is 0.290. The summed E-state index contributed by atoms with van der Waals surface area (Å²) in [7, 11) is 0. The van der Waals surface area contributed by atoms with Gasteiger partial charge in [-0.25, -0.2) is 0 Å². The number of nitrogens with one attached hydrogen (secondary N) is 1. The predicted octanol–water partition coefficient (Wildman–Crippen LogP) is 4.78. The number of anilines is 1. The van der Waals surface area contributed by atoms with Crippen molar-refractivity contribution < 1.29 is 4.79 Å². The van der Waals surface area contributed by atoms with E-state index in [1.165, 1.54) is 17.1 Å². The lowest BCUT2D eigenvalue weighted by Gasteiger charge is -2.15. The average molecular weight is 354 g/mol. The summed E-state index contributed by atoms with van der Waals surface area (Å²) in [6.07, 6.45) is 0.558. The van der Waals surface area contributed by atoms with Crippen LogP contribution >= 0.6 is 11.5 Å². The quantitative estimate of drug-likeness (QED) is 0.717. The third-order valence-corrected chi connectivity index (χ3v) is 5.50. The normalized spacial score (nSPS) is 12.5. The molecule has 3 rings (SSSR count). The molecule has 5 heteroatoms. The monoisotopic (exact) mass is 354 g/mol. The number of carbonyl (C=O) groups excluding carboxylic acids is 1. The Bertz CT molecular complexity index is 938. The first-order chi connectivity index (χ1) is 12.0. The number of nitrogens with zero attached hydrogens (tertiary/aromatic N) is 1. The standard InChI is InChI=1S/C20H22N2O2S/c1-4-17(22-20(24)16-7-5-6-8-18(16)25-22)19(23)21-15-11-9-14(10-12-15)13(2)3/h5-13,17H,4H2,1-3H3,(H,21,23)/t17-/m1/s1. The van der Waals surface area contributed by atoms with Gasteiger partial charge in [0.15, 0.2) is 0 Å². The lowest BCUT2D eigenvalue weighted by atomic mass is 10.0. The van der Waals surface area contributed by atoms with Crippen molar-refractivity contribution in [3.63, 3.8) is 0 Å². The SMILES string of the molecule is CC[C@H](C(=O)Nc1ccc(C(C)C)cc1)n1sc2ccccc2c1=O. The van der Waals surface area contributed by atoms with Crippen molar-refractivity contribution in [1.82, 2.24) is 3.96 Å². The van der Waals surface area contributed by atoms with E-state index in [2.05, 4.69) is 19.2 Å². The Balaban J connectivity index is 1.85. The van der Waals surface area contributed by atoms with E-state index in [1.54, 1.807) is 10.0 Å². The number of fused-ring (bicyclic) bond motifs is 1. The van der Waals surface area contributed by atoms with Crippen molar-refractivity contribution >= 4 is 33.2 Å². The fourth-order valence-corrected chi connectivity index (χ4v) is 3.99. The van der Waals surface area contributed by atoms with Gasteiger partial charge in [-0.05, 0) is 42.2 Å². The second-order valence-corrected chi connectivity index (χ2v) is 7.42. The zero-order valence-electron chi connectivity index (χ0n) is 14.7. The van der Waals surface area contributed by atoms with Gasteiger partial charge < -0.3 is 5.32 Å². The number of benzene rings is 2. The zero-order valence-corrected chi connectivity index (χ0v) is 15.5. The Morgan fingerprint density at radius 2 is 1.80 bits per heavy atom. The van der Waals surface area contributed by atoms with Crippen LogP contribution in [0.4, 0.5) is 5.69 Å². The number of hydrogen-bond acceptors (Lipinski definition) is 3. The van der Waals surface area contributed by atoms with Gasteiger partial charge in [-0.1, -0.05) is 56.6 Å². The Kier molecular flexibility index (Phi) is 5.04. The van der Waals surface area contributed by atoms with Crippen LogP contribution in [0.1, 0.15) is 44.7 Å². The van der Waals surface area contributed by atoms with Gasteiger partial charge in [-0.2, -0.15) is 0 Å². The van der Waals surface area contributed by atoms with E-state index in [9.17, 15) is 9.59 Å². The molecular formula is C20H22N2O2S. The van der Waals surface area contributed by atoms with E-state index < -0.39 is 6.04 Å². The summed E-state index contributed by atoms with van der Waals surface area (Å²) in [6, 6.07) is 14.8. The van der Waals surface area contributed by atoms with Crippen molar-refractivity contribution in [2.75, 3.05) is 5.32 Å². The van der Waals surface area contributed by atoms with Crippen molar-refractivity contribution in [1.29, 1.82) is 0 Å². The molecule has 1 amide bonds. The highest BCUT2D eigenvalue weighted by Crippen LogP contribution is 2.23. The molecule has 3 aromatic rings. The van der Waals surface area contributed by atoms with E-state index in [4.69, 9.17) is 0 Å². The Morgan fingerprint density at radius 3 is 2.40 bits per heavy atom. The van der Waals surface area contributed by atoms with Crippen molar-refractivity contribution in [2.24, 2.45) is 0 Å². The highest BCUT2D eigenvalue weighted by Gasteiger charge is 2.22. The van der Waals surface area contributed by atoms with E-state index >= 15 is 0 Å². The zero-order chi connectivity index (χ0) is 18.0. The molecule has 25 heavy (non-hydrogen) atoms. The maximum Gasteiger partial charge on any atom is 0.269 e. The summed E-state index contributed by atoms with van der Waals surface area (Å²) in [4.78, 5) is 25.3. The number of amides is 1. The van der Waals surface area contributed by atoms with Crippen LogP contribution < -0.4 is 10.9 Å². The molecule has 0 radical (unpaired) electrons. The van der Waals surface area contributed by atoms with Gasteiger partial charge in [-0.15, -0.1) is 0 Å². The summed E-state index contributed by atoms with van der Waals surface area (Å²) < 4.78 is 2.49. The minimum absolute atomic E-state index is 0.0993. The molecule has 1 atom stereocenters. The van der Waals surface area contributed by atoms with E-state index in [-0.39, 0.29) is 11.5 Å². The van der Waals surface area contributed by atoms with Crippen LogP contribution in [0.25, 0.3) is 10.1 Å². The first-order valence-corrected chi connectivity index (χ1v) is 9.30. The van der Waals surface area contributed by atoms with Crippen LogP contribution in [0.3, 0.4) is 0 Å². The second kappa shape index (κ2) is 7.23. The number of carbonyl (C=O) groups is 1. The lowest BCUT2D eigenvalue weighted by Crippen LogP contribution is -2.29. The van der Waals surface area contributed by atoms with Gasteiger partial charge in [-0.3, -0.25) is 13.5 Å². The number of rotatable bonds is 5. The van der Waals surface area contributed by atoms with E-state index in [1.807, 2.05) is 49.4 Å². The van der Waals surface area contributed by atoms with E-state index in [0.717, 1.165) is 10.4 Å². The molecule has 0 saturated carbocycles.